The van der Waals surface area contributed by atoms with Gasteiger partial charge in [0.25, 0.3) is 5.91 Å². The smallest absolute Gasteiger partial charge is 0.271 e. The van der Waals surface area contributed by atoms with Crippen molar-refractivity contribution in [3.05, 3.63) is 36.2 Å². The van der Waals surface area contributed by atoms with E-state index in [4.69, 9.17) is 9.15 Å². The van der Waals surface area contributed by atoms with Crippen molar-refractivity contribution >= 4 is 11.8 Å². The molecule has 7 nitrogen and oxygen atoms in total. The summed E-state index contributed by atoms with van der Waals surface area (Å²) in [6.45, 7) is 5.92. The molecular formula is C23H31N3O4. The Morgan fingerprint density at radius 3 is 2.73 bits per heavy atom. The molecular weight excluding hydrogens is 382 g/mol. The molecule has 1 saturated carbocycles. The fraction of sp³-hybridized carbons (Fsp3) is 0.565. The Kier molecular flexibility index (Phi) is 5.99. The highest BCUT2D eigenvalue weighted by atomic mass is 16.5. The summed E-state index contributed by atoms with van der Waals surface area (Å²) in [4.78, 5) is 28.7. The third kappa shape index (κ3) is 3.78. The van der Waals surface area contributed by atoms with E-state index in [0.717, 1.165) is 31.4 Å². The molecule has 0 bridgehead atoms. The third-order valence-electron chi connectivity index (χ3n) is 6.33. The molecule has 2 amide bonds. The first kappa shape index (κ1) is 20.7. The number of hydrogen-bond donors (Lipinski definition) is 1. The summed E-state index contributed by atoms with van der Waals surface area (Å²) in [5.74, 6) is 0.487. The second-order valence-electron chi connectivity index (χ2n) is 8.40. The number of hydrogen-bond acceptors (Lipinski definition) is 4. The fourth-order valence-electron chi connectivity index (χ4n) is 4.64. The lowest BCUT2D eigenvalue weighted by Crippen LogP contribution is -2.65. The summed E-state index contributed by atoms with van der Waals surface area (Å²) in [5, 5.41) is 3.22. The van der Waals surface area contributed by atoms with Crippen LogP contribution in [0.3, 0.4) is 0 Å². The molecule has 0 aromatic carbocycles. The quantitative estimate of drug-likeness (QED) is 0.673. The molecule has 2 aromatic heterocycles. The lowest BCUT2D eigenvalue weighted by molar-refractivity contribution is -0.133. The molecule has 4 rings (SSSR count). The zero-order chi connectivity index (χ0) is 21.1. The van der Waals surface area contributed by atoms with Gasteiger partial charge in [0.2, 0.25) is 5.91 Å². The minimum absolute atomic E-state index is 0.0797. The van der Waals surface area contributed by atoms with Crippen molar-refractivity contribution in [2.75, 3.05) is 19.8 Å². The van der Waals surface area contributed by atoms with Crippen LogP contribution in [0.15, 0.2) is 34.9 Å². The van der Waals surface area contributed by atoms with Gasteiger partial charge in [-0.15, -0.1) is 0 Å². The van der Waals surface area contributed by atoms with Crippen LogP contribution in [0.25, 0.3) is 11.5 Å². The highest BCUT2D eigenvalue weighted by molar-refractivity contribution is 6.00. The van der Waals surface area contributed by atoms with E-state index in [2.05, 4.69) is 5.32 Å². The largest absolute Gasteiger partial charge is 0.463 e. The van der Waals surface area contributed by atoms with Gasteiger partial charge in [0.15, 0.2) is 0 Å². The molecule has 2 aromatic rings. The number of furan rings is 1. The van der Waals surface area contributed by atoms with E-state index in [-0.39, 0.29) is 17.9 Å². The van der Waals surface area contributed by atoms with E-state index in [1.54, 1.807) is 11.2 Å². The standard InChI is InChI=1S/C23H31N3O4/c1-3-29-14-7-13-26-21(27)19-12-11-18(20-10-6-15-30-20)25(19)16-23(26,2)22(28)24-17-8-4-5-9-17/h6,10-12,15,17H,3-5,7-9,13-14,16H2,1-2H3,(H,24,28)/t23-/m0/s1. The molecule has 0 spiro atoms. The molecule has 162 valence electrons. The number of carbonyl (C=O) groups is 2. The Balaban J connectivity index is 1.65. The molecule has 0 unspecified atom stereocenters. The van der Waals surface area contributed by atoms with Crippen LogP contribution in [-0.4, -0.2) is 52.6 Å². The monoisotopic (exact) mass is 413 g/mol. The van der Waals surface area contributed by atoms with Gasteiger partial charge in [-0.05, 0) is 57.4 Å². The lowest BCUT2D eigenvalue weighted by Gasteiger charge is -2.44. The first-order valence-electron chi connectivity index (χ1n) is 11.0. The highest BCUT2D eigenvalue weighted by Gasteiger charge is 2.48. The van der Waals surface area contributed by atoms with E-state index in [1.165, 1.54) is 0 Å². The molecule has 0 radical (unpaired) electrons. The van der Waals surface area contributed by atoms with Crippen molar-refractivity contribution in [2.24, 2.45) is 0 Å². The Labute approximate surface area is 177 Å². The maximum Gasteiger partial charge on any atom is 0.271 e. The van der Waals surface area contributed by atoms with Crippen molar-refractivity contribution in [3.8, 4) is 11.5 Å². The van der Waals surface area contributed by atoms with Gasteiger partial charge in [0.1, 0.15) is 17.0 Å². The maximum atomic E-state index is 13.5. The summed E-state index contributed by atoms with van der Waals surface area (Å²) in [5.41, 5.74) is 0.431. The number of nitrogens with zero attached hydrogens (tertiary/aromatic N) is 2. The van der Waals surface area contributed by atoms with Crippen LogP contribution in [0.2, 0.25) is 0 Å². The van der Waals surface area contributed by atoms with Gasteiger partial charge in [0.05, 0.1) is 18.5 Å². The number of rotatable bonds is 8. The average molecular weight is 414 g/mol. The highest BCUT2D eigenvalue weighted by Crippen LogP contribution is 2.34. The van der Waals surface area contributed by atoms with Crippen LogP contribution in [0.5, 0.6) is 0 Å². The second kappa shape index (κ2) is 8.68. The van der Waals surface area contributed by atoms with Gasteiger partial charge in [-0.25, -0.2) is 0 Å². The summed E-state index contributed by atoms with van der Waals surface area (Å²) >= 11 is 0. The number of fused-ring (bicyclic) bond motifs is 1. The minimum atomic E-state index is -0.973. The Hall–Kier alpha value is -2.54. The molecule has 1 fully saturated rings. The number of carbonyl (C=O) groups excluding carboxylic acids is 2. The van der Waals surface area contributed by atoms with Crippen molar-refractivity contribution in [3.63, 3.8) is 0 Å². The molecule has 1 aliphatic heterocycles. The van der Waals surface area contributed by atoms with Crippen molar-refractivity contribution < 1.29 is 18.7 Å². The van der Waals surface area contributed by atoms with Gasteiger partial charge in [-0.1, -0.05) is 12.8 Å². The predicted octanol–water partition coefficient (Wildman–Crippen LogP) is 3.45. The summed E-state index contributed by atoms with van der Waals surface area (Å²) in [6.07, 6.45) is 6.61. The van der Waals surface area contributed by atoms with Gasteiger partial charge in [-0.2, -0.15) is 0 Å². The summed E-state index contributed by atoms with van der Waals surface area (Å²) in [7, 11) is 0. The van der Waals surface area contributed by atoms with Gasteiger partial charge in [-0.3, -0.25) is 9.59 Å². The summed E-state index contributed by atoms with van der Waals surface area (Å²) < 4.78 is 13.0. The number of nitrogens with one attached hydrogen (secondary N) is 1. The molecule has 1 aliphatic carbocycles. The lowest BCUT2D eigenvalue weighted by atomic mass is 9.93. The average Bonchev–Trinajstić information content (AvgIpc) is 3.48. The van der Waals surface area contributed by atoms with Crippen LogP contribution in [0.4, 0.5) is 0 Å². The molecule has 3 heterocycles. The van der Waals surface area contributed by atoms with Crippen LogP contribution in [0.1, 0.15) is 56.4 Å². The molecule has 1 N–H and O–H groups in total. The Morgan fingerprint density at radius 2 is 2.03 bits per heavy atom. The first-order chi connectivity index (χ1) is 14.5. The van der Waals surface area contributed by atoms with E-state index in [0.29, 0.717) is 44.2 Å². The zero-order valence-electron chi connectivity index (χ0n) is 17.9. The maximum absolute atomic E-state index is 13.5. The van der Waals surface area contributed by atoms with E-state index < -0.39 is 5.54 Å². The third-order valence-corrected chi connectivity index (χ3v) is 6.33. The fourth-order valence-corrected chi connectivity index (χ4v) is 4.64. The minimum Gasteiger partial charge on any atom is -0.463 e. The first-order valence-corrected chi connectivity index (χ1v) is 11.0. The van der Waals surface area contributed by atoms with Gasteiger partial charge in [0, 0.05) is 25.8 Å². The van der Waals surface area contributed by atoms with Crippen molar-refractivity contribution in [2.45, 2.75) is 64.1 Å². The topological polar surface area (TPSA) is 76.7 Å². The Bertz CT molecular complexity index is 882. The molecule has 0 saturated heterocycles. The molecule has 7 heteroatoms. The van der Waals surface area contributed by atoms with Crippen LogP contribution in [-0.2, 0) is 16.1 Å². The Morgan fingerprint density at radius 1 is 1.27 bits per heavy atom. The van der Waals surface area contributed by atoms with Crippen LogP contribution < -0.4 is 5.32 Å². The molecule has 30 heavy (non-hydrogen) atoms. The zero-order valence-corrected chi connectivity index (χ0v) is 17.9. The number of ether oxygens (including phenoxy) is 1. The van der Waals surface area contributed by atoms with E-state index in [9.17, 15) is 9.59 Å². The number of amides is 2. The SMILES string of the molecule is CCOCCCN1C(=O)c2ccc(-c3ccco3)n2C[C@@]1(C)C(=O)NC1CCCC1. The van der Waals surface area contributed by atoms with Gasteiger partial charge < -0.3 is 23.9 Å². The van der Waals surface area contributed by atoms with Crippen molar-refractivity contribution in [1.82, 2.24) is 14.8 Å². The molecule has 2 aliphatic rings. The molecule has 1 atom stereocenters. The normalized spacial score (nSPS) is 21.8. The van der Waals surface area contributed by atoms with E-state index in [1.807, 2.05) is 42.7 Å². The van der Waals surface area contributed by atoms with E-state index >= 15 is 0 Å². The second-order valence-corrected chi connectivity index (χ2v) is 8.40. The van der Waals surface area contributed by atoms with Crippen LogP contribution >= 0.6 is 0 Å². The van der Waals surface area contributed by atoms with Crippen molar-refractivity contribution in [1.29, 1.82) is 0 Å². The van der Waals surface area contributed by atoms with Gasteiger partial charge >= 0.3 is 0 Å². The van der Waals surface area contributed by atoms with Crippen LogP contribution in [0, 0.1) is 0 Å². The summed E-state index contributed by atoms with van der Waals surface area (Å²) in [6, 6.07) is 7.61. The predicted molar refractivity (Wildman–Crippen MR) is 113 cm³/mol. The number of aromatic nitrogens is 1.